The summed E-state index contributed by atoms with van der Waals surface area (Å²) in [6.45, 7) is 3.77. The Kier molecular flexibility index (Phi) is 4.51. The highest BCUT2D eigenvalue weighted by Crippen LogP contribution is 2.45. The van der Waals surface area contributed by atoms with Gasteiger partial charge in [-0.2, -0.15) is 0 Å². The molecule has 0 unspecified atom stereocenters. The molecule has 1 aliphatic carbocycles. The van der Waals surface area contributed by atoms with Gasteiger partial charge in [0.2, 0.25) is 0 Å². The second-order valence-corrected chi connectivity index (χ2v) is 9.05. The first-order chi connectivity index (χ1) is 16.8. The van der Waals surface area contributed by atoms with Gasteiger partial charge in [0.1, 0.15) is 11.5 Å². The molecule has 1 saturated heterocycles. The molecule has 5 aromatic heterocycles. The average Bonchev–Trinajstić information content (AvgIpc) is 3.66. The molecule has 7 rings (SSSR count). The molecular formula is C26H24N8. The monoisotopic (exact) mass is 448 g/mol. The van der Waals surface area contributed by atoms with E-state index < -0.39 is 0 Å². The van der Waals surface area contributed by atoms with Gasteiger partial charge in [0.15, 0.2) is 5.82 Å². The third-order valence-electron chi connectivity index (χ3n) is 6.80. The lowest BCUT2D eigenvalue weighted by Crippen LogP contribution is -2.44. The Hall–Kier alpha value is -3.91. The minimum Gasteiger partial charge on any atom is -0.353 e. The van der Waals surface area contributed by atoms with Gasteiger partial charge >= 0.3 is 0 Å². The Morgan fingerprint density at radius 2 is 1.85 bits per heavy atom. The maximum Gasteiger partial charge on any atom is 0.163 e. The van der Waals surface area contributed by atoms with Crippen LogP contribution in [0, 0.1) is 0 Å². The maximum atomic E-state index is 5.20. The highest BCUT2D eigenvalue weighted by molar-refractivity contribution is 5.98. The van der Waals surface area contributed by atoms with E-state index in [0.29, 0.717) is 11.7 Å². The number of nitrogens with one attached hydrogen (secondary N) is 2. The van der Waals surface area contributed by atoms with Crippen LogP contribution in [0.3, 0.4) is 0 Å². The zero-order chi connectivity index (χ0) is 22.5. The van der Waals surface area contributed by atoms with E-state index in [1.807, 2.05) is 43.0 Å². The summed E-state index contributed by atoms with van der Waals surface area (Å²) in [6.07, 6.45) is 11.8. The minimum absolute atomic E-state index is 0.576. The Morgan fingerprint density at radius 1 is 0.941 bits per heavy atom. The highest BCUT2D eigenvalue weighted by Gasteiger charge is 2.29. The molecule has 2 fully saturated rings. The summed E-state index contributed by atoms with van der Waals surface area (Å²) in [7, 11) is 0. The molecule has 0 radical (unpaired) electrons. The number of rotatable bonds is 4. The van der Waals surface area contributed by atoms with E-state index >= 15 is 0 Å². The van der Waals surface area contributed by atoms with Crippen LogP contribution in [0.2, 0.25) is 0 Å². The molecule has 0 spiro atoms. The van der Waals surface area contributed by atoms with Crippen LogP contribution < -0.4 is 10.2 Å². The second-order valence-electron chi connectivity index (χ2n) is 9.05. The molecule has 0 amide bonds. The number of H-pyrrole nitrogens is 1. The highest BCUT2D eigenvalue weighted by atomic mass is 15.2. The van der Waals surface area contributed by atoms with Crippen molar-refractivity contribution in [2.75, 3.05) is 31.1 Å². The van der Waals surface area contributed by atoms with Gasteiger partial charge < -0.3 is 15.2 Å². The summed E-state index contributed by atoms with van der Waals surface area (Å²) in [6, 6.07) is 8.10. The van der Waals surface area contributed by atoms with Crippen LogP contribution in [0.25, 0.3) is 44.6 Å². The van der Waals surface area contributed by atoms with Gasteiger partial charge in [-0.05, 0) is 48.6 Å². The first-order valence-corrected chi connectivity index (χ1v) is 11.8. The Bertz CT molecular complexity index is 1500. The lowest BCUT2D eigenvalue weighted by atomic mass is 10.1. The molecule has 34 heavy (non-hydrogen) atoms. The molecule has 0 atom stereocenters. The van der Waals surface area contributed by atoms with E-state index in [2.05, 4.69) is 36.2 Å². The number of fused-ring (bicyclic) bond motifs is 2. The average molecular weight is 449 g/mol. The summed E-state index contributed by atoms with van der Waals surface area (Å²) in [5, 5.41) is 5.62. The fraction of sp³-hybridized carbons (Fsp3) is 0.269. The molecule has 1 saturated carbocycles. The van der Waals surface area contributed by atoms with E-state index in [9.17, 15) is 0 Å². The third kappa shape index (κ3) is 3.30. The molecule has 1 aliphatic heterocycles. The van der Waals surface area contributed by atoms with Crippen molar-refractivity contribution < 1.29 is 0 Å². The van der Waals surface area contributed by atoms with Crippen molar-refractivity contribution in [3.05, 3.63) is 60.8 Å². The van der Waals surface area contributed by atoms with Crippen molar-refractivity contribution >= 4 is 27.8 Å². The molecule has 2 N–H and O–H groups in total. The Balaban J connectivity index is 1.44. The van der Waals surface area contributed by atoms with Crippen LogP contribution in [-0.2, 0) is 0 Å². The van der Waals surface area contributed by atoms with Crippen LogP contribution in [0.15, 0.2) is 55.2 Å². The molecule has 5 aromatic rings. The van der Waals surface area contributed by atoms with E-state index in [4.69, 9.17) is 9.97 Å². The van der Waals surface area contributed by atoms with Crippen LogP contribution in [-0.4, -0.2) is 56.1 Å². The fourth-order valence-corrected chi connectivity index (χ4v) is 4.92. The zero-order valence-corrected chi connectivity index (χ0v) is 18.7. The standard InChI is InChI=1S/C26H24N8/c1-2-17(13-28-6-1)21-12-19-18(5-7-30-24(19)31-21)25-32-22-15-29-14-20(16-3-4-16)23(22)26(33-25)34-10-8-27-9-11-34/h1-2,5-7,12-16,27H,3-4,8-11H2,(H,30,31). The van der Waals surface area contributed by atoms with E-state index in [1.54, 1.807) is 6.20 Å². The largest absolute Gasteiger partial charge is 0.353 e. The Labute approximate surface area is 196 Å². The quantitative estimate of drug-likeness (QED) is 0.430. The van der Waals surface area contributed by atoms with Crippen molar-refractivity contribution in [1.29, 1.82) is 0 Å². The second kappa shape index (κ2) is 7.85. The number of aromatic nitrogens is 6. The number of hydrogen-bond acceptors (Lipinski definition) is 7. The zero-order valence-electron chi connectivity index (χ0n) is 18.7. The molecule has 8 nitrogen and oxygen atoms in total. The number of anilines is 1. The van der Waals surface area contributed by atoms with Crippen LogP contribution in [0.4, 0.5) is 5.82 Å². The lowest BCUT2D eigenvalue weighted by molar-refractivity contribution is 0.586. The molecule has 2 aliphatic rings. The van der Waals surface area contributed by atoms with E-state index in [-0.39, 0.29) is 0 Å². The maximum absolute atomic E-state index is 5.20. The van der Waals surface area contributed by atoms with Crippen molar-refractivity contribution in [2.45, 2.75) is 18.8 Å². The summed E-state index contributed by atoms with van der Waals surface area (Å²) in [4.78, 5) is 29.4. The van der Waals surface area contributed by atoms with Gasteiger partial charge in [0, 0.05) is 78.6 Å². The summed E-state index contributed by atoms with van der Waals surface area (Å²) >= 11 is 0. The van der Waals surface area contributed by atoms with Crippen LogP contribution in [0.5, 0.6) is 0 Å². The molecular weight excluding hydrogens is 424 g/mol. The number of piperazine rings is 1. The number of aromatic amines is 1. The Morgan fingerprint density at radius 3 is 2.68 bits per heavy atom. The number of hydrogen-bond donors (Lipinski definition) is 2. The van der Waals surface area contributed by atoms with Gasteiger partial charge in [-0.1, -0.05) is 0 Å². The minimum atomic E-state index is 0.576. The van der Waals surface area contributed by atoms with Crippen molar-refractivity contribution in [1.82, 2.24) is 35.2 Å². The van der Waals surface area contributed by atoms with Gasteiger partial charge in [-0.25, -0.2) is 15.0 Å². The number of nitrogens with zero attached hydrogens (tertiary/aromatic N) is 6. The molecule has 0 bridgehead atoms. The van der Waals surface area contributed by atoms with Gasteiger partial charge in [-0.15, -0.1) is 0 Å². The smallest absolute Gasteiger partial charge is 0.163 e. The molecule has 168 valence electrons. The first-order valence-electron chi connectivity index (χ1n) is 11.8. The molecule has 0 aromatic carbocycles. The van der Waals surface area contributed by atoms with E-state index in [1.165, 1.54) is 23.8 Å². The summed E-state index contributed by atoms with van der Waals surface area (Å²) < 4.78 is 0. The van der Waals surface area contributed by atoms with Crippen LogP contribution >= 0.6 is 0 Å². The summed E-state index contributed by atoms with van der Waals surface area (Å²) in [5.41, 5.74) is 5.98. The SMILES string of the molecule is c1cncc(-c2cc3c(-c4nc(N5CCNCC5)c5c(C6CC6)cncc5n4)ccnc3[nH]2)c1. The third-order valence-corrected chi connectivity index (χ3v) is 6.80. The first kappa shape index (κ1) is 19.5. The predicted octanol–water partition coefficient (Wildman–Crippen LogP) is 3.92. The van der Waals surface area contributed by atoms with E-state index in [0.717, 1.165) is 65.4 Å². The normalized spacial score (nSPS) is 16.4. The van der Waals surface area contributed by atoms with Crippen molar-refractivity contribution in [2.24, 2.45) is 0 Å². The molecule has 8 heteroatoms. The topological polar surface area (TPSA) is 95.5 Å². The number of pyridine rings is 3. The molecule has 6 heterocycles. The van der Waals surface area contributed by atoms with Gasteiger partial charge in [0.05, 0.1) is 11.7 Å². The predicted molar refractivity (Wildman–Crippen MR) is 133 cm³/mol. The van der Waals surface area contributed by atoms with Gasteiger partial charge in [0.25, 0.3) is 0 Å². The lowest BCUT2D eigenvalue weighted by Gasteiger charge is -2.30. The van der Waals surface area contributed by atoms with Crippen molar-refractivity contribution in [3.8, 4) is 22.6 Å². The van der Waals surface area contributed by atoms with Crippen molar-refractivity contribution in [3.63, 3.8) is 0 Å². The van der Waals surface area contributed by atoms with Gasteiger partial charge in [-0.3, -0.25) is 9.97 Å². The summed E-state index contributed by atoms with van der Waals surface area (Å²) in [5.74, 6) is 2.31. The van der Waals surface area contributed by atoms with Crippen LogP contribution in [0.1, 0.15) is 24.3 Å². The fourth-order valence-electron chi connectivity index (χ4n) is 4.92.